The highest BCUT2D eigenvalue weighted by atomic mass is 35.5. The maximum absolute atomic E-state index is 12.5. The summed E-state index contributed by atoms with van der Waals surface area (Å²) in [4.78, 5) is 24.2. The maximum atomic E-state index is 12.5. The molecule has 168 valence electrons. The number of nitro benzene ring substituents is 1. The van der Waals surface area contributed by atoms with Crippen LogP contribution < -0.4 is 10.6 Å². The van der Waals surface area contributed by atoms with E-state index in [1.165, 1.54) is 16.9 Å². The van der Waals surface area contributed by atoms with Crippen LogP contribution in [0.4, 0.5) is 11.4 Å². The van der Waals surface area contributed by atoms with Crippen molar-refractivity contribution in [2.75, 3.05) is 24.7 Å². The minimum atomic E-state index is -3.58. The van der Waals surface area contributed by atoms with Crippen LogP contribution >= 0.6 is 11.6 Å². The molecular weight excluding hydrogens is 460 g/mol. The van der Waals surface area contributed by atoms with Gasteiger partial charge in [0.1, 0.15) is 5.69 Å². The number of nitro groups is 1. The van der Waals surface area contributed by atoms with Crippen LogP contribution in [0.1, 0.15) is 16.2 Å². The van der Waals surface area contributed by atoms with Crippen LogP contribution in [0, 0.1) is 17.0 Å². The van der Waals surface area contributed by atoms with E-state index in [1.54, 1.807) is 31.2 Å². The number of halogens is 1. The van der Waals surface area contributed by atoms with Gasteiger partial charge in [0.2, 0.25) is 0 Å². The Morgan fingerprint density at radius 1 is 1.19 bits per heavy atom. The van der Waals surface area contributed by atoms with E-state index in [-0.39, 0.29) is 35.1 Å². The molecule has 0 saturated carbocycles. The molecule has 13 heteroatoms. The van der Waals surface area contributed by atoms with E-state index in [2.05, 4.69) is 20.8 Å². The molecule has 1 aromatic heterocycles. The first-order chi connectivity index (χ1) is 15.1. The standard InChI is InChI=1S/C19H19ClN6O5S/c1-12-18(24-25(23-12)14-5-3-4-13(20)10-14)19(27)22-9-8-21-16-7-6-15(32(2,30)31)11-17(16)26(28)29/h3-7,10-11,21H,8-9H2,1-2H3,(H,22,27). The van der Waals surface area contributed by atoms with Crippen LogP contribution in [-0.2, 0) is 9.84 Å². The minimum absolute atomic E-state index is 0.132. The second-order valence-electron chi connectivity index (χ2n) is 6.79. The summed E-state index contributed by atoms with van der Waals surface area (Å²) in [6, 6.07) is 10.4. The lowest BCUT2D eigenvalue weighted by Gasteiger charge is -2.09. The fraction of sp³-hybridized carbons (Fsp3) is 0.211. The molecular formula is C19H19ClN6O5S. The second kappa shape index (κ2) is 9.32. The molecule has 3 rings (SSSR count). The lowest BCUT2D eigenvalue weighted by Crippen LogP contribution is -2.29. The Labute approximate surface area is 188 Å². The summed E-state index contributed by atoms with van der Waals surface area (Å²) in [6.07, 6.45) is 0.971. The highest BCUT2D eigenvalue weighted by Gasteiger charge is 2.19. The number of nitrogens with one attached hydrogen (secondary N) is 2. The molecule has 1 amide bonds. The highest BCUT2D eigenvalue weighted by Crippen LogP contribution is 2.27. The molecule has 0 unspecified atom stereocenters. The smallest absolute Gasteiger partial charge is 0.293 e. The summed E-state index contributed by atoms with van der Waals surface area (Å²) >= 11 is 5.97. The van der Waals surface area contributed by atoms with Gasteiger partial charge >= 0.3 is 0 Å². The van der Waals surface area contributed by atoms with Crippen molar-refractivity contribution in [1.82, 2.24) is 20.3 Å². The number of aromatic nitrogens is 3. The SMILES string of the molecule is Cc1nn(-c2cccc(Cl)c2)nc1C(=O)NCCNc1ccc(S(C)(=O)=O)cc1[N+](=O)[O-]. The van der Waals surface area contributed by atoms with Gasteiger partial charge in [0.05, 0.1) is 21.2 Å². The molecule has 11 nitrogen and oxygen atoms in total. The van der Waals surface area contributed by atoms with E-state index in [1.807, 2.05) is 0 Å². The average Bonchev–Trinajstić information content (AvgIpc) is 3.12. The van der Waals surface area contributed by atoms with Gasteiger partial charge in [0.15, 0.2) is 15.5 Å². The van der Waals surface area contributed by atoms with Crippen molar-refractivity contribution in [2.24, 2.45) is 0 Å². The number of hydrogen-bond acceptors (Lipinski definition) is 8. The minimum Gasteiger partial charge on any atom is -0.378 e. The number of carbonyl (C=O) groups is 1. The van der Waals surface area contributed by atoms with Gasteiger partial charge in [-0.2, -0.15) is 9.90 Å². The number of nitrogens with zero attached hydrogens (tertiary/aromatic N) is 4. The van der Waals surface area contributed by atoms with Crippen LogP contribution in [0.15, 0.2) is 47.4 Å². The van der Waals surface area contributed by atoms with Gasteiger partial charge in [-0.05, 0) is 37.3 Å². The number of anilines is 1. The summed E-state index contributed by atoms with van der Waals surface area (Å²) in [5.41, 5.74) is 0.918. The summed E-state index contributed by atoms with van der Waals surface area (Å²) in [5.74, 6) is -0.459. The average molecular weight is 479 g/mol. The van der Waals surface area contributed by atoms with Gasteiger partial charge in [-0.25, -0.2) is 8.42 Å². The van der Waals surface area contributed by atoms with E-state index in [9.17, 15) is 23.3 Å². The first-order valence-electron chi connectivity index (χ1n) is 9.26. The van der Waals surface area contributed by atoms with Crippen LogP contribution in [0.5, 0.6) is 0 Å². The van der Waals surface area contributed by atoms with Crippen molar-refractivity contribution in [3.8, 4) is 5.69 Å². The maximum Gasteiger partial charge on any atom is 0.293 e. The van der Waals surface area contributed by atoms with Gasteiger partial charge in [-0.15, -0.1) is 5.10 Å². The van der Waals surface area contributed by atoms with Crippen molar-refractivity contribution in [2.45, 2.75) is 11.8 Å². The van der Waals surface area contributed by atoms with Crippen LogP contribution in [0.3, 0.4) is 0 Å². The fourth-order valence-electron chi connectivity index (χ4n) is 2.80. The molecule has 2 aromatic carbocycles. The third-order valence-corrected chi connectivity index (χ3v) is 5.70. The van der Waals surface area contributed by atoms with Crippen LogP contribution in [-0.4, -0.2) is 53.6 Å². The zero-order valence-corrected chi connectivity index (χ0v) is 18.6. The Balaban J connectivity index is 1.63. The highest BCUT2D eigenvalue weighted by molar-refractivity contribution is 7.90. The Morgan fingerprint density at radius 3 is 2.59 bits per heavy atom. The van der Waals surface area contributed by atoms with Crippen molar-refractivity contribution >= 4 is 38.7 Å². The first-order valence-corrected chi connectivity index (χ1v) is 11.5. The van der Waals surface area contributed by atoms with Crippen molar-refractivity contribution < 1.29 is 18.1 Å². The van der Waals surface area contributed by atoms with Gasteiger partial charge in [-0.3, -0.25) is 14.9 Å². The molecule has 0 atom stereocenters. The number of hydrogen-bond donors (Lipinski definition) is 2. The molecule has 0 bridgehead atoms. The molecule has 0 aliphatic heterocycles. The molecule has 0 aliphatic carbocycles. The van der Waals surface area contributed by atoms with E-state index in [4.69, 9.17) is 11.6 Å². The van der Waals surface area contributed by atoms with Gasteiger partial charge in [-0.1, -0.05) is 17.7 Å². The number of amides is 1. The van der Waals surface area contributed by atoms with Gasteiger partial charge in [0, 0.05) is 30.4 Å². The number of rotatable bonds is 8. The molecule has 32 heavy (non-hydrogen) atoms. The molecule has 0 spiro atoms. The Morgan fingerprint density at radius 2 is 1.94 bits per heavy atom. The topological polar surface area (TPSA) is 149 Å². The quantitative estimate of drug-likeness (QED) is 0.284. The van der Waals surface area contributed by atoms with E-state index in [0.717, 1.165) is 12.3 Å². The number of aryl methyl sites for hydroxylation is 1. The largest absolute Gasteiger partial charge is 0.378 e. The first kappa shape index (κ1) is 23.2. The predicted molar refractivity (Wildman–Crippen MR) is 118 cm³/mol. The molecule has 3 aromatic rings. The molecule has 0 aliphatic rings. The Kier molecular flexibility index (Phi) is 6.75. The Hall–Kier alpha value is -3.51. The molecule has 0 saturated heterocycles. The summed E-state index contributed by atoms with van der Waals surface area (Å²) in [7, 11) is -3.58. The van der Waals surface area contributed by atoms with E-state index < -0.39 is 20.7 Å². The van der Waals surface area contributed by atoms with Crippen molar-refractivity contribution in [1.29, 1.82) is 0 Å². The lowest BCUT2D eigenvalue weighted by molar-refractivity contribution is -0.384. The summed E-state index contributed by atoms with van der Waals surface area (Å²) in [6.45, 7) is 1.94. The third-order valence-electron chi connectivity index (χ3n) is 4.36. The third kappa shape index (κ3) is 5.39. The van der Waals surface area contributed by atoms with Crippen LogP contribution in [0.25, 0.3) is 5.69 Å². The molecule has 1 heterocycles. The van der Waals surface area contributed by atoms with Gasteiger partial charge in [0.25, 0.3) is 11.6 Å². The molecule has 0 radical (unpaired) electrons. The zero-order chi connectivity index (χ0) is 23.5. The molecule has 2 N–H and O–H groups in total. The number of benzene rings is 2. The molecule has 0 fully saturated rings. The monoisotopic (exact) mass is 478 g/mol. The second-order valence-corrected chi connectivity index (χ2v) is 9.25. The fourth-order valence-corrected chi connectivity index (χ4v) is 3.63. The van der Waals surface area contributed by atoms with Gasteiger partial charge < -0.3 is 10.6 Å². The van der Waals surface area contributed by atoms with E-state index >= 15 is 0 Å². The number of carbonyl (C=O) groups excluding carboxylic acids is 1. The zero-order valence-electron chi connectivity index (χ0n) is 17.1. The lowest BCUT2D eigenvalue weighted by atomic mass is 10.2. The number of sulfone groups is 1. The van der Waals surface area contributed by atoms with Crippen molar-refractivity contribution in [3.63, 3.8) is 0 Å². The van der Waals surface area contributed by atoms with Crippen molar-refractivity contribution in [3.05, 3.63) is 69.0 Å². The normalized spacial score (nSPS) is 11.2. The Bertz CT molecular complexity index is 1290. The summed E-state index contributed by atoms with van der Waals surface area (Å²) < 4.78 is 23.2. The van der Waals surface area contributed by atoms with Crippen LogP contribution in [0.2, 0.25) is 5.02 Å². The predicted octanol–water partition coefficient (Wildman–Crippen LogP) is 2.38. The van der Waals surface area contributed by atoms with E-state index in [0.29, 0.717) is 16.4 Å². The summed E-state index contributed by atoms with van der Waals surface area (Å²) in [5, 5.41) is 25.7.